The minimum absolute atomic E-state index is 0.172. The van der Waals surface area contributed by atoms with Crippen LogP contribution in [0.25, 0.3) is 22.1 Å². The number of rotatable bonds is 6. The third-order valence-corrected chi connectivity index (χ3v) is 10.2. The van der Waals surface area contributed by atoms with Crippen molar-refractivity contribution in [2.45, 2.75) is 128 Å². The molecule has 1 amide bonds. The lowest BCUT2D eigenvalue weighted by molar-refractivity contribution is 0.00280. The largest absolute Gasteiger partial charge is 0.465 e. The van der Waals surface area contributed by atoms with E-state index in [4.69, 9.17) is 14.2 Å². The number of piperidine rings is 2. The Labute approximate surface area is 277 Å². The molecule has 4 unspecified atom stereocenters. The highest BCUT2D eigenvalue weighted by Gasteiger charge is 2.46. The molecule has 2 aromatic carbocycles. The van der Waals surface area contributed by atoms with Gasteiger partial charge in [0.2, 0.25) is 0 Å². The summed E-state index contributed by atoms with van der Waals surface area (Å²) in [6, 6.07) is 20.6. The van der Waals surface area contributed by atoms with Crippen molar-refractivity contribution in [1.29, 1.82) is 0 Å². The quantitative estimate of drug-likeness (QED) is 0.234. The molecule has 4 aromatic rings. The van der Waals surface area contributed by atoms with Crippen LogP contribution in [0.1, 0.15) is 98.1 Å². The van der Waals surface area contributed by atoms with Crippen molar-refractivity contribution >= 4 is 28.2 Å². The molecule has 4 aliphatic rings. The number of nitrogens with one attached hydrogen (secondary N) is 1. The molecule has 0 aliphatic carbocycles. The Morgan fingerprint density at radius 2 is 1.19 bits per heavy atom. The first-order valence-electron chi connectivity index (χ1n) is 17.7. The average molecular weight is 643 g/mol. The smallest absolute Gasteiger partial charge is 0.410 e. The first kappa shape index (κ1) is 31.8. The van der Waals surface area contributed by atoms with Crippen LogP contribution in [0.5, 0.6) is 12.0 Å². The maximum absolute atomic E-state index is 12.7. The third kappa shape index (κ3) is 6.41. The number of amides is 1. The highest BCUT2D eigenvalue weighted by Crippen LogP contribution is 2.44. The molecule has 4 bridgehead atoms. The fourth-order valence-electron chi connectivity index (χ4n) is 8.42. The molecule has 0 radical (unpaired) electrons. The van der Waals surface area contributed by atoms with E-state index in [-0.39, 0.29) is 24.2 Å². The second kappa shape index (κ2) is 13.0. The van der Waals surface area contributed by atoms with Gasteiger partial charge in [-0.1, -0.05) is 24.3 Å². The summed E-state index contributed by atoms with van der Waals surface area (Å²) in [4.78, 5) is 24.1. The van der Waals surface area contributed by atoms with Gasteiger partial charge >= 0.3 is 6.09 Å². The Morgan fingerprint density at radius 1 is 0.723 bits per heavy atom. The number of carbonyl (C=O) groups is 1. The molecule has 10 heteroatoms. The van der Waals surface area contributed by atoms with Gasteiger partial charge in [-0.15, -0.1) is 0 Å². The van der Waals surface area contributed by atoms with Gasteiger partial charge < -0.3 is 24.4 Å². The summed E-state index contributed by atoms with van der Waals surface area (Å²) >= 11 is 0. The standard InChI is InChI=1S/C21H29N3O3.C16H21N3O/c1-5-26-19-22-17-8-6-7-9-18(17)24(19)16-12-14-10-11-15(13-16)23(14)20(25)27-21(2,3)4;1-2-20-16-18-14-5-3-4-6-15(14)19(16)13-9-11-7-8-12(10-13)17-11/h6-9,14-16H,5,10-13H2,1-4H3;3-6,11-13,17H,2,7-10H2,1H3. The number of hydrogen-bond acceptors (Lipinski definition) is 7. The summed E-state index contributed by atoms with van der Waals surface area (Å²) in [5, 5.41) is 3.71. The van der Waals surface area contributed by atoms with Crippen LogP contribution in [0.2, 0.25) is 0 Å². The summed E-state index contributed by atoms with van der Waals surface area (Å²) in [5.74, 6) is 0. The highest BCUT2D eigenvalue weighted by atomic mass is 16.6. The molecular formula is C37H50N6O4. The monoisotopic (exact) mass is 642 g/mol. The summed E-state index contributed by atoms with van der Waals surface area (Å²) in [6.07, 6.45) is 8.75. The first-order valence-corrected chi connectivity index (χ1v) is 17.7. The number of carbonyl (C=O) groups excluding carboxylic acids is 1. The molecule has 0 spiro atoms. The lowest BCUT2D eigenvalue weighted by atomic mass is 9.97. The molecule has 1 N–H and O–H groups in total. The number of nitrogens with zero attached hydrogens (tertiary/aromatic N) is 5. The Balaban J connectivity index is 0.000000156. The van der Waals surface area contributed by atoms with Gasteiger partial charge in [0, 0.05) is 36.3 Å². The van der Waals surface area contributed by atoms with Crippen LogP contribution in [0.3, 0.4) is 0 Å². The maximum Gasteiger partial charge on any atom is 0.410 e. The summed E-state index contributed by atoms with van der Waals surface area (Å²) < 4.78 is 21.9. The number of hydrogen-bond donors (Lipinski definition) is 1. The van der Waals surface area contributed by atoms with Gasteiger partial charge in [-0.3, -0.25) is 9.13 Å². The Bertz CT molecular complexity index is 1680. The van der Waals surface area contributed by atoms with Gasteiger partial charge in [0.15, 0.2) is 0 Å². The number of imidazole rings is 2. The molecule has 47 heavy (non-hydrogen) atoms. The van der Waals surface area contributed by atoms with Crippen molar-refractivity contribution in [2.75, 3.05) is 13.2 Å². The molecule has 252 valence electrons. The van der Waals surface area contributed by atoms with Gasteiger partial charge in [0.05, 0.1) is 35.3 Å². The van der Waals surface area contributed by atoms with E-state index in [0.29, 0.717) is 37.3 Å². The van der Waals surface area contributed by atoms with Crippen molar-refractivity contribution in [2.24, 2.45) is 0 Å². The highest BCUT2D eigenvalue weighted by molar-refractivity contribution is 5.77. The second-order valence-electron chi connectivity index (χ2n) is 14.5. The van der Waals surface area contributed by atoms with Crippen LogP contribution in [0.4, 0.5) is 4.79 Å². The van der Waals surface area contributed by atoms with Crippen LogP contribution in [-0.4, -0.2) is 73.1 Å². The fourth-order valence-corrected chi connectivity index (χ4v) is 8.42. The van der Waals surface area contributed by atoms with E-state index in [1.165, 1.54) is 31.2 Å². The van der Waals surface area contributed by atoms with Crippen molar-refractivity contribution < 1.29 is 19.0 Å². The lowest BCUT2D eigenvalue weighted by Gasteiger charge is -2.40. The minimum Gasteiger partial charge on any atom is -0.465 e. The van der Waals surface area contributed by atoms with E-state index >= 15 is 0 Å². The zero-order valence-electron chi connectivity index (χ0n) is 28.5. The van der Waals surface area contributed by atoms with Crippen LogP contribution >= 0.6 is 0 Å². The van der Waals surface area contributed by atoms with Crippen LogP contribution in [0, 0.1) is 0 Å². The number of fused-ring (bicyclic) bond motifs is 6. The Kier molecular flexibility index (Phi) is 8.80. The van der Waals surface area contributed by atoms with Crippen molar-refractivity contribution in [3.8, 4) is 12.0 Å². The van der Waals surface area contributed by atoms with Crippen LogP contribution in [-0.2, 0) is 4.74 Å². The number of para-hydroxylation sites is 4. The van der Waals surface area contributed by atoms with E-state index in [9.17, 15) is 4.79 Å². The number of benzene rings is 2. The molecular weight excluding hydrogens is 592 g/mol. The van der Waals surface area contributed by atoms with Gasteiger partial charge in [-0.2, -0.15) is 9.97 Å². The fraction of sp³-hybridized carbons (Fsp3) is 0.595. The van der Waals surface area contributed by atoms with Crippen LogP contribution < -0.4 is 14.8 Å². The SMILES string of the molecule is CCOc1nc2ccccc2n1C1CC2CCC(C1)N2.CCOc1nc2ccccc2n1C1CC2CCC(C1)N2C(=O)OC(C)(C)C. The second-order valence-corrected chi connectivity index (χ2v) is 14.5. The van der Waals surface area contributed by atoms with Gasteiger partial charge in [0.25, 0.3) is 12.0 Å². The lowest BCUT2D eigenvalue weighted by Crippen LogP contribution is -2.48. The van der Waals surface area contributed by atoms with Crippen LogP contribution in [0.15, 0.2) is 48.5 Å². The van der Waals surface area contributed by atoms with Gasteiger partial charge in [-0.05, 0) is 110 Å². The summed E-state index contributed by atoms with van der Waals surface area (Å²) in [5.41, 5.74) is 3.86. The number of aromatic nitrogens is 4. The summed E-state index contributed by atoms with van der Waals surface area (Å²) in [7, 11) is 0. The van der Waals surface area contributed by atoms with E-state index in [1.54, 1.807) is 0 Å². The molecule has 2 aromatic heterocycles. The first-order chi connectivity index (χ1) is 22.7. The molecule has 8 rings (SSSR count). The Hall–Kier alpha value is -3.79. The van der Waals surface area contributed by atoms with E-state index in [0.717, 1.165) is 48.2 Å². The zero-order chi connectivity index (χ0) is 32.7. The molecule has 4 aliphatic heterocycles. The van der Waals surface area contributed by atoms with E-state index < -0.39 is 5.60 Å². The molecule has 0 saturated carbocycles. The van der Waals surface area contributed by atoms with E-state index in [2.05, 4.69) is 48.7 Å². The summed E-state index contributed by atoms with van der Waals surface area (Å²) in [6.45, 7) is 11.0. The molecule has 4 fully saturated rings. The average Bonchev–Trinajstić information content (AvgIpc) is 3.76. The third-order valence-electron chi connectivity index (χ3n) is 10.2. The Morgan fingerprint density at radius 3 is 1.66 bits per heavy atom. The van der Waals surface area contributed by atoms with Crippen molar-refractivity contribution in [3.63, 3.8) is 0 Å². The minimum atomic E-state index is -0.462. The van der Waals surface area contributed by atoms with Gasteiger partial charge in [0.1, 0.15) is 5.60 Å². The zero-order valence-corrected chi connectivity index (χ0v) is 28.5. The predicted molar refractivity (Wildman–Crippen MR) is 183 cm³/mol. The van der Waals surface area contributed by atoms with E-state index in [1.807, 2.05) is 63.8 Å². The normalized spacial score (nSPS) is 26.7. The predicted octanol–water partition coefficient (Wildman–Crippen LogP) is 7.43. The molecule has 10 nitrogen and oxygen atoms in total. The topological polar surface area (TPSA) is 95.7 Å². The number of ether oxygens (including phenoxy) is 3. The molecule has 4 atom stereocenters. The molecule has 4 saturated heterocycles. The molecule has 6 heterocycles. The van der Waals surface area contributed by atoms with Gasteiger partial charge in [-0.25, -0.2) is 4.79 Å². The van der Waals surface area contributed by atoms with Crippen molar-refractivity contribution in [3.05, 3.63) is 48.5 Å². The maximum atomic E-state index is 12.7. The van der Waals surface area contributed by atoms with Crippen molar-refractivity contribution in [1.82, 2.24) is 29.3 Å².